The third kappa shape index (κ3) is 4.85. The summed E-state index contributed by atoms with van der Waals surface area (Å²) in [6.45, 7) is 3.59. The molecule has 0 spiro atoms. The molecule has 1 heterocycles. The van der Waals surface area contributed by atoms with Crippen molar-refractivity contribution in [1.82, 2.24) is 4.83 Å². The number of nitrogens with zero attached hydrogens (tertiary/aromatic N) is 1. The molecule has 144 valence electrons. The first kappa shape index (κ1) is 19.8. The normalized spacial score (nSPS) is 11.9. The van der Waals surface area contributed by atoms with Crippen LogP contribution in [0.15, 0.2) is 76.0 Å². The zero-order valence-corrected chi connectivity index (χ0v) is 17.0. The van der Waals surface area contributed by atoms with Crippen LogP contribution in [0.1, 0.15) is 27.7 Å². The van der Waals surface area contributed by atoms with Crippen molar-refractivity contribution in [3.63, 3.8) is 0 Å². The van der Waals surface area contributed by atoms with Gasteiger partial charge >= 0.3 is 0 Å². The minimum atomic E-state index is -3.72. The standard InChI is InChI=1S/C20H19N3O3S2/c1-14-5-11-18(12-6-14)28(25,26)23-22-15(2)16-7-9-17(10-8-16)21-20(24)19-4-3-13-27-19/h3-13,23H,1-2H3,(H,21,24)/b22-15+. The molecular formula is C20H19N3O3S2. The Bertz CT molecular complexity index is 1090. The summed E-state index contributed by atoms with van der Waals surface area (Å²) in [6.07, 6.45) is 0. The number of benzene rings is 2. The van der Waals surface area contributed by atoms with E-state index in [9.17, 15) is 13.2 Å². The Labute approximate surface area is 168 Å². The fourth-order valence-electron chi connectivity index (χ4n) is 2.36. The zero-order chi connectivity index (χ0) is 20.1. The number of aryl methyl sites for hydroxylation is 1. The van der Waals surface area contributed by atoms with Crippen molar-refractivity contribution in [2.75, 3.05) is 5.32 Å². The summed E-state index contributed by atoms with van der Waals surface area (Å²) in [5, 5.41) is 8.64. The molecule has 1 aromatic heterocycles. The number of thiophene rings is 1. The lowest BCUT2D eigenvalue weighted by molar-refractivity contribution is 0.103. The number of anilines is 1. The molecule has 2 aromatic carbocycles. The molecule has 0 bridgehead atoms. The van der Waals surface area contributed by atoms with Gasteiger partial charge in [0.15, 0.2) is 0 Å². The monoisotopic (exact) mass is 413 g/mol. The van der Waals surface area contributed by atoms with Crippen LogP contribution in [0.3, 0.4) is 0 Å². The minimum absolute atomic E-state index is 0.154. The number of hydrogen-bond donors (Lipinski definition) is 2. The van der Waals surface area contributed by atoms with Gasteiger partial charge < -0.3 is 5.32 Å². The molecule has 3 rings (SSSR count). The fraction of sp³-hybridized carbons (Fsp3) is 0.100. The van der Waals surface area contributed by atoms with Gasteiger partial charge in [-0.2, -0.15) is 18.4 Å². The predicted molar refractivity (Wildman–Crippen MR) is 112 cm³/mol. The smallest absolute Gasteiger partial charge is 0.276 e. The van der Waals surface area contributed by atoms with E-state index in [-0.39, 0.29) is 10.8 Å². The van der Waals surface area contributed by atoms with E-state index in [1.165, 1.54) is 23.5 Å². The molecule has 8 heteroatoms. The van der Waals surface area contributed by atoms with E-state index in [1.807, 2.05) is 18.4 Å². The third-order valence-corrected chi connectivity index (χ3v) is 6.06. The SMILES string of the molecule is C/C(=N\NS(=O)(=O)c1ccc(C)cc1)c1ccc(NC(=O)c2cccs2)cc1. The van der Waals surface area contributed by atoms with Crippen LogP contribution in [0, 0.1) is 6.92 Å². The van der Waals surface area contributed by atoms with E-state index in [1.54, 1.807) is 49.4 Å². The highest BCUT2D eigenvalue weighted by Crippen LogP contribution is 2.15. The third-order valence-electron chi connectivity index (χ3n) is 3.97. The molecule has 1 amide bonds. The number of carbonyl (C=O) groups excluding carboxylic acids is 1. The van der Waals surface area contributed by atoms with Gasteiger partial charge in [0.2, 0.25) is 0 Å². The average Bonchev–Trinajstić information content (AvgIpc) is 3.22. The van der Waals surface area contributed by atoms with Crippen LogP contribution in [0.25, 0.3) is 0 Å². The molecule has 28 heavy (non-hydrogen) atoms. The number of sulfonamides is 1. The zero-order valence-electron chi connectivity index (χ0n) is 15.3. The van der Waals surface area contributed by atoms with Crippen molar-refractivity contribution >= 4 is 38.7 Å². The van der Waals surface area contributed by atoms with Crippen LogP contribution in [-0.4, -0.2) is 20.0 Å². The number of hydrazone groups is 1. The molecular weight excluding hydrogens is 394 g/mol. The van der Waals surface area contributed by atoms with Crippen molar-refractivity contribution < 1.29 is 13.2 Å². The van der Waals surface area contributed by atoms with Gasteiger partial charge in [-0.1, -0.05) is 35.9 Å². The Balaban J connectivity index is 1.67. The Kier molecular flexibility index (Phi) is 5.91. The lowest BCUT2D eigenvalue weighted by Gasteiger charge is -2.07. The summed E-state index contributed by atoms with van der Waals surface area (Å²) in [4.78, 5) is 15.1. The van der Waals surface area contributed by atoms with E-state index in [0.717, 1.165) is 11.1 Å². The summed E-state index contributed by atoms with van der Waals surface area (Å²) in [7, 11) is -3.72. The van der Waals surface area contributed by atoms with Gasteiger partial charge in [-0.05, 0) is 55.1 Å². The van der Waals surface area contributed by atoms with E-state index in [0.29, 0.717) is 16.3 Å². The van der Waals surface area contributed by atoms with Crippen molar-refractivity contribution in [3.8, 4) is 0 Å². The maximum atomic E-state index is 12.3. The first-order valence-electron chi connectivity index (χ1n) is 8.43. The molecule has 0 aliphatic rings. The van der Waals surface area contributed by atoms with E-state index >= 15 is 0 Å². The van der Waals surface area contributed by atoms with Crippen molar-refractivity contribution in [2.24, 2.45) is 5.10 Å². The molecule has 3 aromatic rings. The highest BCUT2D eigenvalue weighted by molar-refractivity contribution is 7.89. The molecule has 2 N–H and O–H groups in total. The molecule has 0 saturated carbocycles. The molecule has 0 atom stereocenters. The highest BCUT2D eigenvalue weighted by Gasteiger charge is 2.13. The lowest BCUT2D eigenvalue weighted by Crippen LogP contribution is -2.20. The molecule has 0 aliphatic carbocycles. The lowest BCUT2D eigenvalue weighted by atomic mass is 10.1. The van der Waals surface area contributed by atoms with Gasteiger partial charge in [0, 0.05) is 5.69 Å². The first-order chi connectivity index (χ1) is 13.3. The van der Waals surface area contributed by atoms with E-state index in [2.05, 4.69) is 15.2 Å². The van der Waals surface area contributed by atoms with Crippen LogP contribution >= 0.6 is 11.3 Å². The Hall–Kier alpha value is -2.97. The molecule has 0 aliphatic heterocycles. The van der Waals surface area contributed by atoms with Crippen LogP contribution in [0.5, 0.6) is 0 Å². The fourth-order valence-corrected chi connectivity index (χ4v) is 3.83. The maximum Gasteiger partial charge on any atom is 0.276 e. The molecule has 0 fully saturated rings. The molecule has 0 saturated heterocycles. The van der Waals surface area contributed by atoms with E-state index < -0.39 is 10.0 Å². The van der Waals surface area contributed by atoms with E-state index in [4.69, 9.17) is 0 Å². The van der Waals surface area contributed by atoms with Gasteiger partial charge in [0.05, 0.1) is 15.5 Å². The van der Waals surface area contributed by atoms with Gasteiger partial charge in [0.25, 0.3) is 15.9 Å². The predicted octanol–water partition coefficient (Wildman–Crippen LogP) is 4.01. The number of carbonyl (C=O) groups is 1. The van der Waals surface area contributed by atoms with Gasteiger partial charge in [-0.25, -0.2) is 0 Å². The number of amides is 1. The number of hydrogen-bond acceptors (Lipinski definition) is 5. The second-order valence-electron chi connectivity index (χ2n) is 6.11. The summed E-state index contributed by atoms with van der Waals surface area (Å²) in [5.74, 6) is -0.168. The van der Waals surface area contributed by atoms with Crippen molar-refractivity contribution in [2.45, 2.75) is 18.7 Å². The van der Waals surface area contributed by atoms with Crippen LogP contribution in [-0.2, 0) is 10.0 Å². The van der Waals surface area contributed by atoms with Crippen LogP contribution in [0.2, 0.25) is 0 Å². The van der Waals surface area contributed by atoms with Gasteiger partial charge in [-0.15, -0.1) is 11.3 Å². The largest absolute Gasteiger partial charge is 0.321 e. The Morgan fingerprint density at radius 1 is 1.00 bits per heavy atom. The number of rotatable bonds is 6. The number of nitrogens with one attached hydrogen (secondary N) is 2. The summed E-state index contributed by atoms with van der Waals surface area (Å²) >= 11 is 1.37. The topological polar surface area (TPSA) is 87.6 Å². The Morgan fingerprint density at radius 2 is 1.68 bits per heavy atom. The molecule has 0 radical (unpaired) electrons. The van der Waals surface area contributed by atoms with Crippen molar-refractivity contribution in [3.05, 3.63) is 82.0 Å². The molecule has 6 nitrogen and oxygen atoms in total. The second kappa shape index (κ2) is 8.37. The van der Waals surface area contributed by atoms with Crippen LogP contribution in [0.4, 0.5) is 5.69 Å². The molecule has 0 unspecified atom stereocenters. The first-order valence-corrected chi connectivity index (χ1v) is 10.8. The van der Waals surface area contributed by atoms with Gasteiger partial charge in [-0.3, -0.25) is 4.79 Å². The van der Waals surface area contributed by atoms with Crippen molar-refractivity contribution in [1.29, 1.82) is 0 Å². The quantitative estimate of drug-likeness (QED) is 0.473. The summed E-state index contributed by atoms with van der Waals surface area (Å²) in [5.41, 5.74) is 2.87. The highest BCUT2D eigenvalue weighted by atomic mass is 32.2. The maximum absolute atomic E-state index is 12.3. The summed E-state index contributed by atoms with van der Waals surface area (Å²) < 4.78 is 24.6. The second-order valence-corrected chi connectivity index (χ2v) is 8.72. The van der Waals surface area contributed by atoms with Gasteiger partial charge in [0.1, 0.15) is 0 Å². The minimum Gasteiger partial charge on any atom is -0.321 e. The average molecular weight is 414 g/mol. The summed E-state index contributed by atoms with van der Waals surface area (Å²) in [6, 6.07) is 17.1. The van der Waals surface area contributed by atoms with Crippen LogP contribution < -0.4 is 10.1 Å². The Morgan fingerprint density at radius 3 is 2.29 bits per heavy atom.